The van der Waals surface area contributed by atoms with Gasteiger partial charge in [0.05, 0.1) is 12.0 Å². The van der Waals surface area contributed by atoms with Crippen LogP contribution in [0.1, 0.15) is 35.2 Å². The van der Waals surface area contributed by atoms with Gasteiger partial charge in [0, 0.05) is 36.1 Å². The highest BCUT2D eigenvalue weighted by molar-refractivity contribution is 5.84. The normalized spacial score (nSPS) is 14.7. The molecular weight excluding hydrogens is 768 g/mol. The summed E-state index contributed by atoms with van der Waals surface area (Å²) >= 11 is 0. The summed E-state index contributed by atoms with van der Waals surface area (Å²) in [5, 5.41) is 55.4. The first-order chi connectivity index (χ1) is 28.0. The van der Waals surface area contributed by atoms with Crippen molar-refractivity contribution in [2.24, 2.45) is 22.9 Å². The fourth-order valence-electron chi connectivity index (χ4n) is 5.16. The average Bonchev–Trinajstić information content (AvgIpc) is 4.01. The van der Waals surface area contributed by atoms with Crippen molar-refractivity contribution in [1.29, 1.82) is 0 Å². The van der Waals surface area contributed by atoms with Crippen molar-refractivity contribution in [1.82, 2.24) is 20.3 Å². The van der Waals surface area contributed by atoms with Crippen LogP contribution in [0.2, 0.25) is 0 Å². The van der Waals surface area contributed by atoms with E-state index in [2.05, 4.69) is 20.3 Å². The highest BCUT2D eigenvalue weighted by Gasteiger charge is 2.20. The number of benzene rings is 3. The van der Waals surface area contributed by atoms with Gasteiger partial charge >= 0.3 is 29.8 Å². The second kappa shape index (κ2) is 25.6. The van der Waals surface area contributed by atoms with Gasteiger partial charge in [0.2, 0.25) is 0 Å². The first-order valence-electron chi connectivity index (χ1n) is 18.2. The first kappa shape index (κ1) is 48.5. The summed E-state index contributed by atoms with van der Waals surface area (Å²) in [6.45, 7) is 0.858. The first-order valence-corrected chi connectivity index (χ1v) is 18.2. The number of H-pyrrole nitrogens is 2. The minimum absolute atomic E-state index is 0.160. The van der Waals surface area contributed by atoms with Crippen LogP contribution in [0.25, 0.3) is 10.9 Å². The number of rotatable bonds is 13. The number of aromatic nitrogens is 3. The lowest BCUT2D eigenvalue weighted by Gasteiger charge is -2.05. The summed E-state index contributed by atoms with van der Waals surface area (Å²) in [4.78, 5) is 61.4. The number of para-hydroxylation sites is 1. The van der Waals surface area contributed by atoms with E-state index in [1.807, 2.05) is 60.8 Å². The molecule has 19 nitrogen and oxygen atoms in total. The van der Waals surface area contributed by atoms with Crippen LogP contribution >= 0.6 is 0 Å². The molecule has 19 heteroatoms. The number of carbonyl (C=O) groups is 5. The van der Waals surface area contributed by atoms with Crippen molar-refractivity contribution < 1.29 is 54.6 Å². The molecule has 3 aromatic carbocycles. The molecule has 318 valence electrons. The zero-order valence-corrected chi connectivity index (χ0v) is 32.1. The Hall–Kier alpha value is -6.64. The Balaban J connectivity index is 0.000000258. The zero-order chi connectivity index (χ0) is 43.9. The molecule has 5 atom stereocenters. The van der Waals surface area contributed by atoms with Gasteiger partial charge in [-0.2, -0.15) is 0 Å². The molecule has 6 rings (SSSR count). The van der Waals surface area contributed by atoms with Gasteiger partial charge in [-0.1, -0.05) is 60.7 Å². The predicted octanol–water partition coefficient (Wildman–Crippen LogP) is 1.30. The molecule has 1 aliphatic rings. The second-order valence-electron chi connectivity index (χ2n) is 13.2. The van der Waals surface area contributed by atoms with E-state index >= 15 is 0 Å². The van der Waals surface area contributed by atoms with Crippen molar-refractivity contribution in [3.8, 4) is 5.75 Å². The number of carboxylic acid groups (broad SMARTS) is 5. The number of aromatic amines is 2. The van der Waals surface area contributed by atoms with Crippen LogP contribution < -0.4 is 28.3 Å². The Kier molecular flexibility index (Phi) is 21.0. The molecule has 0 spiro atoms. The third kappa shape index (κ3) is 18.9. The molecule has 0 bridgehead atoms. The van der Waals surface area contributed by atoms with E-state index in [9.17, 15) is 24.0 Å². The molecule has 0 amide bonds. The summed E-state index contributed by atoms with van der Waals surface area (Å²) in [6, 6.07) is 19.8. The number of nitrogens with two attached hydrogens (primary N) is 4. The zero-order valence-electron chi connectivity index (χ0n) is 32.1. The van der Waals surface area contributed by atoms with Gasteiger partial charge in [-0.15, -0.1) is 0 Å². The lowest BCUT2D eigenvalue weighted by molar-refractivity contribution is -0.139. The Labute approximate surface area is 339 Å². The van der Waals surface area contributed by atoms with Crippen LogP contribution in [0.5, 0.6) is 5.75 Å². The SMILES string of the molecule is NC(Cc1c[nH]c2ccccc12)C(=O)O.NC(Cc1c[nH]cn1)C(=O)O.NC(Cc1ccc(O)cc1)C(=O)O.NC(Cc1ccccc1)C(=O)O.O=C(O)C1CCCN1. The largest absolute Gasteiger partial charge is 0.508 e. The number of carboxylic acids is 5. The molecule has 3 heterocycles. The Morgan fingerprint density at radius 1 is 0.644 bits per heavy atom. The van der Waals surface area contributed by atoms with Crippen LogP contribution in [-0.2, 0) is 49.7 Å². The van der Waals surface area contributed by atoms with Crippen molar-refractivity contribution in [2.75, 3.05) is 6.54 Å². The number of aliphatic carboxylic acids is 5. The molecule has 1 fully saturated rings. The highest BCUT2D eigenvalue weighted by atomic mass is 16.4. The fourth-order valence-corrected chi connectivity index (χ4v) is 5.16. The highest BCUT2D eigenvalue weighted by Crippen LogP contribution is 2.18. The lowest BCUT2D eigenvalue weighted by atomic mass is 10.1. The van der Waals surface area contributed by atoms with Gasteiger partial charge in [0.15, 0.2) is 0 Å². The Bertz CT molecular complexity index is 2020. The third-order valence-electron chi connectivity index (χ3n) is 8.42. The molecule has 59 heavy (non-hydrogen) atoms. The summed E-state index contributed by atoms with van der Waals surface area (Å²) in [6.07, 6.45) is 7.98. The summed E-state index contributed by atoms with van der Waals surface area (Å²) in [5.74, 6) is -4.52. The van der Waals surface area contributed by atoms with E-state index in [1.54, 1.807) is 18.3 Å². The molecule has 1 aliphatic heterocycles. The molecule has 0 saturated carbocycles. The molecule has 2 aromatic heterocycles. The second-order valence-corrected chi connectivity index (χ2v) is 13.2. The van der Waals surface area contributed by atoms with Crippen molar-refractivity contribution in [2.45, 2.75) is 68.7 Å². The monoisotopic (exact) mass is 820 g/mol. The maximum atomic E-state index is 10.6. The summed E-state index contributed by atoms with van der Waals surface area (Å²) < 4.78 is 0. The fraction of sp³-hybridized carbons (Fsp3) is 0.300. The molecule has 0 radical (unpaired) electrons. The molecule has 0 aliphatic carbocycles. The van der Waals surface area contributed by atoms with Gasteiger partial charge in [0.25, 0.3) is 0 Å². The van der Waals surface area contributed by atoms with Crippen LogP contribution in [0, 0.1) is 0 Å². The van der Waals surface area contributed by atoms with Crippen molar-refractivity contribution in [3.05, 3.63) is 120 Å². The molecule has 17 N–H and O–H groups in total. The molecule has 5 aromatic rings. The standard InChI is InChI=1S/C11H12N2O2.C9H11NO3.C9H11NO2.C6H9N3O2.C5H9NO2/c12-9(11(14)15)5-7-6-13-10-4-2-1-3-8(7)10;10-8(9(12)13)5-6-1-3-7(11)4-2-6;10-8(9(11)12)6-7-4-2-1-3-5-7;7-5(6(10)11)1-4-2-8-3-9-4;7-5(8)4-2-1-3-6-4/h1-4,6,9,13H,5,12H2,(H,14,15);1-4,8,11H,5,10H2,(H,12,13);1-5,8H,6,10H2,(H,11,12);2-3,5H,1,7H2,(H,8,9)(H,10,11);4,6H,1-3H2,(H,7,8). The van der Waals surface area contributed by atoms with Gasteiger partial charge in [-0.3, -0.25) is 24.0 Å². The number of hydrogen-bond donors (Lipinski definition) is 13. The number of imidazole rings is 1. The number of aromatic hydroxyl groups is 1. The van der Waals surface area contributed by atoms with Crippen LogP contribution in [-0.4, -0.2) is 112 Å². The van der Waals surface area contributed by atoms with Gasteiger partial charge in [-0.25, -0.2) is 4.98 Å². The number of nitrogens with one attached hydrogen (secondary N) is 3. The van der Waals surface area contributed by atoms with E-state index in [1.165, 1.54) is 18.5 Å². The topological polar surface area (TPSA) is 367 Å². The van der Waals surface area contributed by atoms with Crippen molar-refractivity contribution >= 4 is 40.7 Å². The lowest BCUT2D eigenvalue weighted by Crippen LogP contribution is -2.32. The molecule has 1 saturated heterocycles. The van der Waals surface area contributed by atoms with Crippen molar-refractivity contribution in [3.63, 3.8) is 0 Å². The minimum Gasteiger partial charge on any atom is -0.508 e. The quantitative estimate of drug-likeness (QED) is 0.0796. The van der Waals surface area contributed by atoms with E-state index < -0.39 is 54.0 Å². The average molecular weight is 821 g/mol. The van der Waals surface area contributed by atoms with E-state index in [4.69, 9.17) is 53.6 Å². The number of phenols is 1. The number of hydrogen-bond acceptors (Lipinski definition) is 12. The van der Waals surface area contributed by atoms with E-state index in [0.717, 1.165) is 47.0 Å². The minimum atomic E-state index is -1.02. The van der Waals surface area contributed by atoms with Gasteiger partial charge < -0.3 is 68.9 Å². The van der Waals surface area contributed by atoms with Crippen LogP contribution in [0.4, 0.5) is 0 Å². The summed E-state index contributed by atoms with van der Waals surface area (Å²) in [7, 11) is 0. The van der Waals surface area contributed by atoms with Crippen LogP contribution in [0.15, 0.2) is 97.6 Å². The van der Waals surface area contributed by atoms with E-state index in [0.29, 0.717) is 18.5 Å². The molecule has 5 unspecified atom stereocenters. The number of fused-ring (bicyclic) bond motifs is 1. The van der Waals surface area contributed by atoms with Gasteiger partial charge in [0.1, 0.15) is 36.0 Å². The maximum Gasteiger partial charge on any atom is 0.320 e. The third-order valence-corrected chi connectivity index (χ3v) is 8.42. The van der Waals surface area contributed by atoms with Crippen LogP contribution in [0.3, 0.4) is 0 Å². The Morgan fingerprint density at radius 2 is 1.15 bits per heavy atom. The predicted molar refractivity (Wildman–Crippen MR) is 217 cm³/mol. The molecular formula is C40H52N8O11. The summed E-state index contributed by atoms with van der Waals surface area (Å²) in [5.41, 5.74) is 25.8. The van der Waals surface area contributed by atoms with E-state index in [-0.39, 0.29) is 24.6 Å². The van der Waals surface area contributed by atoms with Gasteiger partial charge in [-0.05, 0) is 67.1 Å². The number of phenolic OH excluding ortho intramolecular Hbond substituents is 1. The number of nitrogens with zero attached hydrogens (tertiary/aromatic N) is 1. The maximum absolute atomic E-state index is 10.6. The Morgan fingerprint density at radius 3 is 1.63 bits per heavy atom. The smallest absolute Gasteiger partial charge is 0.320 e.